The molecule has 2 aromatic rings. The summed E-state index contributed by atoms with van der Waals surface area (Å²) in [4.78, 5) is 25.8. The Kier molecular flexibility index (Phi) is 6.95. The van der Waals surface area contributed by atoms with Crippen molar-refractivity contribution in [3.8, 4) is 0 Å². The zero-order valence-electron chi connectivity index (χ0n) is 17.3. The first-order chi connectivity index (χ1) is 14.2. The first-order valence-electron chi connectivity index (χ1n) is 9.75. The number of ether oxygens (including phenoxy) is 1. The maximum atomic E-state index is 13.3. The summed E-state index contributed by atoms with van der Waals surface area (Å²) in [5.74, 6) is -1.11. The van der Waals surface area contributed by atoms with Crippen LogP contribution in [0.3, 0.4) is 0 Å². The second-order valence-corrected chi connectivity index (χ2v) is 10.3. The molecule has 1 aliphatic rings. The molecule has 1 N–H and O–H groups in total. The maximum Gasteiger partial charge on any atom is 0.324 e. The number of sulfonamides is 1. The van der Waals surface area contributed by atoms with Gasteiger partial charge >= 0.3 is 5.97 Å². The monoisotopic (exact) mass is 450 g/mol. The van der Waals surface area contributed by atoms with Crippen molar-refractivity contribution in [3.05, 3.63) is 51.2 Å². The summed E-state index contributed by atoms with van der Waals surface area (Å²) in [7, 11) is -3.86. The molecule has 1 aliphatic heterocycles. The Balaban J connectivity index is 1.66. The fourth-order valence-electron chi connectivity index (χ4n) is 3.84. The lowest BCUT2D eigenvalue weighted by Crippen LogP contribution is -2.42. The molecule has 7 nitrogen and oxygen atoms in total. The summed E-state index contributed by atoms with van der Waals surface area (Å²) in [6, 6.07) is 6.51. The molecule has 3 rings (SSSR count). The molecule has 1 fully saturated rings. The third kappa shape index (κ3) is 4.91. The summed E-state index contributed by atoms with van der Waals surface area (Å²) in [5.41, 5.74) is 2.29. The first kappa shape index (κ1) is 22.5. The summed E-state index contributed by atoms with van der Waals surface area (Å²) < 4.78 is 33.0. The molecular formula is C21H26N2O5S2. The zero-order valence-corrected chi connectivity index (χ0v) is 18.9. The molecular weight excluding hydrogens is 424 g/mol. The van der Waals surface area contributed by atoms with Crippen molar-refractivity contribution in [1.29, 1.82) is 0 Å². The van der Waals surface area contributed by atoms with E-state index < -0.39 is 34.5 Å². The van der Waals surface area contributed by atoms with Gasteiger partial charge in [-0.1, -0.05) is 23.8 Å². The number of hydrogen-bond acceptors (Lipinski definition) is 6. The normalized spacial score (nSPS) is 17.1. The second kappa shape index (κ2) is 9.28. The molecule has 30 heavy (non-hydrogen) atoms. The van der Waals surface area contributed by atoms with Crippen molar-refractivity contribution < 1.29 is 22.7 Å². The number of hydrogen-bond donors (Lipinski definition) is 1. The number of rotatable bonds is 7. The van der Waals surface area contributed by atoms with Gasteiger partial charge in [0.25, 0.3) is 5.91 Å². The molecule has 1 atom stereocenters. The van der Waals surface area contributed by atoms with Crippen molar-refractivity contribution in [2.75, 3.05) is 13.2 Å². The third-order valence-corrected chi connectivity index (χ3v) is 8.12. The van der Waals surface area contributed by atoms with Gasteiger partial charge in [-0.15, -0.1) is 11.3 Å². The van der Waals surface area contributed by atoms with Crippen LogP contribution in [0.5, 0.6) is 0 Å². The Morgan fingerprint density at radius 2 is 1.93 bits per heavy atom. The van der Waals surface area contributed by atoms with E-state index in [1.54, 1.807) is 13.8 Å². The fourth-order valence-corrected chi connectivity index (χ4v) is 6.54. The number of esters is 1. The van der Waals surface area contributed by atoms with Crippen LogP contribution in [0.25, 0.3) is 0 Å². The number of thiophene rings is 1. The van der Waals surface area contributed by atoms with Gasteiger partial charge in [-0.05, 0) is 56.2 Å². The minimum absolute atomic E-state index is 0.237. The topological polar surface area (TPSA) is 92.8 Å². The molecule has 1 amide bonds. The highest BCUT2D eigenvalue weighted by molar-refractivity contribution is 7.89. The molecule has 0 aliphatic carbocycles. The second-order valence-electron chi connectivity index (χ2n) is 7.47. The standard InChI is InChI=1S/C21H26N2O5S2/c1-14-10-15(2)20(16(3)11-14)30(26,27)23-8-4-7-18(23)21(25)28-13-19(24)22-12-17-6-5-9-29-17/h5-6,9-11,18H,4,7-8,12-13H2,1-3H3,(H,22,24). The number of carbonyl (C=O) groups excluding carboxylic acids is 2. The van der Waals surface area contributed by atoms with Gasteiger partial charge in [0.1, 0.15) is 6.04 Å². The van der Waals surface area contributed by atoms with Crippen LogP contribution in [0.2, 0.25) is 0 Å². The van der Waals surface area contributed by atoms with Crippen LogP contribution in [-0.2, 0) is 30.9 Å². The predicted octanol–water partition coefficient (Wildman–Crippen LogP) is 2.69. The van der Waals surface area contributed by atoms with E-state index in [1.165, 1.54) is 15.6 Å². The largest absolute Gasteiger partial charge is 0.454 e. The van der Waals surface area contributed by atoms with Crippen molar-refractivity contribution in [3.63, 3.8) is 0 Å². The van der Waals surface area contributed by atoms with Crippen molar-refractivity contribution in [2.24, 2.45) is 0 Å². The van der Waals surface area contributed by atoms with Gasteiger partial charge in [0.15, 0.2) is 6.61 Å². The van der Waals surface area contributed by atoms with Crippen LogP contribution < -0.4 is 5.32 Å². The molecule has 0 saturated carbocycles. The molecule has 1 saturated heterocycles. The smallest absolute Gasteiger partial charge is 0.324 e. The number of amides is 1. The summed E-state index contributed by atoms with van der Waals surface area (Å²) >= 11 is 1.52. The van der Waals surface area contributed by atoms with E-state index in [4.69, 9.17) is 4.74 Å². The zero-order chi connectivity index (χ0) is 21.9. The highest BCUT2D eigenvalue weighted by atomic mass is 32.2. The van der Waals surface area contributed by atoms with E-state index in [1.807, 2.05) is 36.6 Å². The van der Waals surface area contributed by atoms with Crippen LogP contribution in [0.1, 0.15) is 34.4 Å². The van der Waals surface area contributed by atoms with Gasteiger partial charge in [0.05, 0.1) is 11.4 Å². The molecule has 0 bridgehead atoms. The van der Waals surface area contributed by atoms with Gasteiger partial charge in [0.2, 0.25) is 10.0 Å². The van der Waals surface area contributed by atoms with E-state index in [0.29, 0.717) is 30.5 Å². The fraction of sp³-hybridized carbons (Fsp3) is 0.429. The summed E-state index contributed by atoms with van der Waals surface area (Å²) in [6.07, 6.45) is 0.937. The lowest BCUT2D eigenvalue weighted by Gasteiger charge is -2.24. The summed E-state index contributed by atoms with van der Waals surface area (Å²) in [6.45, 7) is 5.61. The Labute approximate surface area is 181 Å². The van der Waals surface area contributed by atoms with Crippen LogP contribution in [0.4, 0.5) is 0 Å². The average molecular weight is 451 g/mol. The number of aryl methyl sites for hydroxylation is 3. The maximum absolute atomic E-state index is 13.3. The van der Waals surface area contributed by atoms with Crippen LogP contribution in [-0.4, -0.2) is 43.8 Å². The lowest BCUT2D eigenvalue weighted by molar-refractivity contribution is -0.151. The molecule has 2 heterocycles. The first-order valence-corrected chi connectivity index (χ1v) is 12.1. The highest BCUT2D eigenvalue weighted by Gasteiger charge is 2.41. The Bertz CT molecular complexity index is 1010. The minimum atomic E-state index is -3.86. The van der Waals surface area contributed by atoms with Crippen molar-refractivity contribution >= 4 is 33.2 Å². The Hall–Kier alpha value is -2.23. The van der Waals surface area contributed by atoms with Crippen LogP contribution >= 0.6 is 11.3 Å². The minimum Gasteiger partial charge on any atom is -0.454 e. The van der Waals surface area contributed by atoms with E-state index in [9.17, 15) is 18.0 Å². The molecule has 9 heteroatoms. The van der Waals surface area contributed by atoms with Gasteiger partial charge < -0.3 is 10.1 Å². The molecule has 1 aromatic carbocycles. The number of carbonyl (C=O) groups is 2. The molecule has 0 spiro atoms. The Morgan fingerprint density at radius 1 is 1.23 bits per heavy atom. The average Bonchev–Trinajstić information content (AvgIpc) is 3.35. The quantitative estimate of drug-likeness (QED) is 0.655. The number of nitrogens with one attached hydrogen (secondary N) is 1. The molecule has 1 unspecified atom stereocenters. The highest BCUT2D eigenvalue weighted by Crippen LogP contribution is 2.31. The van der Waals surface area contributed by atoms with Crippen molar-refractivity contribution in [2.45, 2.75) is 51.1 Å². The summed E-state index contributed by atoms with van der Waals surface area (Å²) in [5, 5.41) is 4.59. The number of benzene rings is 1. The molecule has 162 valence electrons. The van der Waals surface area contributed by atoms with E-state index in [-0.39, 0.29) is 11.4 Å². The third-order valence-electron chi connectivity index (χ3n) is 5.03. The lowest BCUT2D eigenvalue weighted by atomic mass is 10.1. The molecule has 1 aromatic heterocycles. The van der Waals surface area contributed by atoms with Gasteiger partial charge in [0, 0.05) is 11.4 Å². The number of nitrogens with zero attached hydrogens (tertiary/aromatic N) is 1. The van der Waals surface area contributed by atoms with Crippen LogP contribution in [0.15, 0.2) is 34.5 Å². The predicted molar refractivity (Wildman–Crippen MR) is 115 cm³/mol. The SMILES string of the molecule is Cc1cc(C)c(S(=O)(=O)N2CCCC2C(=O)OCC(=O)NCc2cccs2)c(C)c1. The van der Waals surface area contributed by atoms with Crippen LogP contribution in [0, 0.1) is 20.8 Å². The van der Waals surface area contributed by atoms with Gasteiger partial charge in [-0.3, -0.25) is 9.59 Å². The van der Waals surface area contributed by atoms with Gasteiger partial charge in [-0.2, -0.15) is 4.31 Å². The Morgan fingerprint density at radius 3 is 2.57 bits per heavy atom. The van der Waals surface area contributed by atoms with E-state index >= 15 is 0 Å². The van der Waals surface area contributed by atoms with Gasteiger partial charge in [-0.25, -0.2) is 8.42 Å². The van der Waals surface area contributed by atoms with Crippen molar-refractivity contribution in [1.82, 2.24) is 9.62 Å². The van der Waals surface area contributed by atoms with E-state index in [2.05, 4.69) is 5.32 Å². The molecule has 0 radical (unpaired) electrons. The van der Waals surface area contributed by atoms with E-state index in [0.717, 1.165) is 10.4 Å².